The first kappa shape index (κ1) is 20.9. The van der Waals surface area contributed by atoms with Crippen LogP contribution in [0.1, 0.15) is 0 Å². The van der Waals surface area contributed by atoms with Gasteiger partial charge in [-0.25, -0.2) is 9.97 Å². The molecule has 4 heterocycles. The van der Waals surface area contributed by atoms with Gasteiger partial charge in [0.15, 0.2) is 0 Å². The standard InChI is InChI=1S/C34H22N4/c1-3-12-23(13-4-1)25-18-11-21-35-32(25)38-31-20-10-8-17-27(31)29-22-28-26-16-7-9-19-30(26)37(33(28)36-34(29)38)24-14-5-2-6-15-24/h1-22H. The molecule has 0 unspecified atom stereocenters. The summed E-state index contributed by atoms with van der Waals surface area (Å²) in [5.41, 5.74) is 7.36. The number of fused-ring (bicyclic) bond motifs is 6. The Hall–Kier alpha value is -5.22. The van der Waals surface area contributed by atoms with Crippen LogP contribution in [0.4, 0.5) is 0 Å². The third-order valence-electron chi connectivity index (χ3n) is 7.37. The molecule has 0 amide bonds. The molecule has 0 aliphatic heterocycles. The first-order valence-corrected chi connectivity index (χ1v) is 12.8. The molecule has 0 fully saturated rings. The lowest BCUT2D eigenvalue weighted by Gasteiger charge is -2.12. The van der Waals surface area contributed by atoms with Crippen molar-refractivity contribution in [3.05, 3.63) is 134 Å². The zero-order chi connectivity index (χ0) is 25.1. The Morgan fingerprint density at radius 2 is 1.05 bits per heavy atom. The maximum atomic E-state index is 5.43. The number of hydrogen-bond donors (Lipinski definition) is 0. The lowest BCUT2D eigenvalue weighted by Crippen LogP contribution is -2.02. The fourth-order valence-corrected chi connectivity index (χ4v) is 5.72. The summed E-state index contributed by atoms with van der Waals surface area (Å²) in [6.07, 6.45) is 1.86. The van der Waals surface area contributed by atoms with E-state index in [4.69, 9.17) is 9.97 Å². The van der Waals surface area contributed by atoms with E-state index in [0.717, 1.165) is 61.1 Å². The molecule has 8 rings (SSSR count). The molecule has 0 bridgehead atoms. The zero-order valence-electron chi connectivity index (χ0n) is 20.5. The maximum absolute atomic E-state index is 5.43. The van der Waals surface area contributed by atoms with Crippen LogP contribution in [0.15, 0.2) is 134 Å². The van der Waals surface area contributed by atoms with Gasteiger partial charge in [0.05, 0.1) is 11.0 Å². The van der Waals surface area contributed by atoms with Crippen molar-refractivity contribution in [2.45, 2.75) is 0 Å². The van der Waals surface area contributed by atoms with Gasteiger partial charge in [0, 0.05) is 39.0 Å². The average molecular weight is 487 g/mol. The van der Waals surface area contributed by atoms with Crippen molar-refractivity contribution >= 4 is 43.9 Å². The highest BCUT2D eigenvalue weighted by Gasteiger charge is 2.21. The van der Waals surface area contributed by atoms with E-state index in [2.05, 4.69) is 118 Å². The van der Waals surface area contributed by atoms with Crippen LogP contribution in [0.5, 0.6) is 0 Å². The Kier molecular flexibility index (Phi) is 4.49. The van der Waals surface area contributed by atoms with E-state index in [0.29, 0.717) is 0 Å². The molecule has 178 valence electrons. The van der Waals surface area contributed by atoms with Crippen LogP contribution in [0.3, 0.4) is 0 Å². The van der Waals surface area contributed by atoms with Gasteiger partial charge in [-0.05, 0) is 48.0 Å². The smallest absolute Gasteiger partial charge is 0.149 e. The number of hydrogen-bond acceptors (Lipinski definition) is 2. The summed E-state index contributed by atoms with van der Waals surface area (Å²) >= 11 is 0. The molecule has 4 aromatic heterocycles. The van der Waals surface area contributed by atoms with E-state index < -0.39 is 0 Å². The minimum atomic E-state index is 0.874. The molecular formula is C34H22N4. The summed E-state index contributed by atoms with van der Waals surface area (Å²) in [6.45, 7) is 0. The van der Waals surface area contributed by atoms with E-state index in [9.17, 15) is 0 Å². The van der Waals surface area contributed by atoms with E-state index >= 15 is 0 Å². The Morgan fingerprint density at radius 3 is 1.76 bits per heavy atom. The number of aromatic nitrogens is 4. The summed E-state index contributed by atoms with van der Waals surface area (Å²) in [4.78, 5) is 10.3. The van der Waals surface area contributed by atoms with Crippen molar-refractivity contribution in [3.8, 4) is 22.6 Å². The Balaban J connectivity index is 1.55. The largest absolute Gasteiger partial charge is 0.294 e. The predicted molar refractivity (Wildman–Crippen MR) is 156 cm³/mol. The van der Waals surface area contributed by atoms with Gasteiger partial charge in [0.1, 0.15) is 17.1 Å². The van der Waals surface area contributed by atoms with Crippen molar-refractivity contribution in [2.24, 2.45) is 0 Å². The molecule has 0 spiro atoms. The highest BCUT2D eigenvalue weighted by Crippen LogP contribution is 2.38. The molecule has 8 aromatic rings. The SMILES string of the molecule is c1ccc(-c2cccnc2-n2c3ccccc3c3cc4c5ccccc5n(-c5ccccc5)c4nc32)cc1. The van der Waals surface area contributed by atoms with E-state index in [-0.39, 0.29) is 0 Å². The second kappa shape index (κ2) is 8.15. The van der Waals surface area contributed by atoms with Gasteiger partial charge >= 0.3 is 0 Å². The van der Waals surface area contributed by atoms with E-state index in [1.807, 2.05) is 24.4 Å². The highest BCUT2D eigenvalue weighted by molar-refractivity contribution is 6.16. The summed E-state index contributed by atoms with van der Waals surface area (Å²) in [5, 5.41) is 4.62. The summed E-state index contributed by atoms with van der Waals surface area (Å²) in [7, 11) is 0. The molecule has 4 nitrogen and oxygen atoms in total. The van der Waals surface area contributed by atoms with Crippen LogP contribution in [0.25, 0.3) is 66.5 Å². The summed E-state index contributed by atoms with van der Waals surface area (Å²) < 4.78 is 4.49. The first-order valence-electron chi connectivity index (χ1n) is 12.8. The molecule has 0 aliphatic carbocycles. The normalized spacial score (nSPS) is 11.7. The third kappa shape index (κ3) is 2.98. The van der Waals surface area contributed by atoms with Gasteiger partial charge < -0.3 is 0 Å². The molecule has 4 heteroatoms. The highest BCUT2D eigenvalue weighted by atomic mass is 15.1. The monoisotopic (exact) mass is 486 g/mol. The number of para-hydroxylation sites is 3. The molecule has 0 radical (unpaired) electrons. The second-order valence-corrected chi connectivity index (χ2v) is 9.51. The van der Waals surface area contributed by atoms with Crippen molar-refractivity contribution in [3.63, 3.8) is 0 Å². The molecule has 0 atom stereocenters. The fraction of sp³-hybridized carbons (Fsp3) is 0. The van der Waals surface area contributed by atoms with Crippen molar-refractivity contribution < 1.29 is 0 Å². The van der Waals surface area contributed by atoms with Gasteiger partial charge in [-0.3, -0.25) is 9.13 Å². The third-order valence-corrected chi connectivity index (χ3v) is 7.37. The van der Waals surface area contributed by atoms with Gasteiger partial charge in [0.2, 0.25) is 0 Å². The number of nitrogens with zero attached hydrogens (tertiary/aromatic N) is 4. The van der Waals surface area contributed by atoms with Gasteiger partial charge in [0.25, 0.3) is 0 Å². The quantitative estimate of drug-likeness (QED) is 0.252. The molecule has 0 saturated heterocycles. The van der Waals surface area contributed by atoms with Crippen LogP contribution < -0.4 is 0 Å². The number of pyridine rings is 2. The van der Waals surface area contributed by atoms with Crippen LogP contribution in [-0.2, 0) is 0 Å². The van der Waals surface area contributed by atoms with Crippen LogP contribution in [-0.4, -0.2) is 19.1 Å². The predicted octanol–water partition coefficient (Wildman–Crippen LogP) is 8.34. The van der Waals surface area contributed by atoms with E-state index in [1.54, 1.807) is 0 Å². The Labute approximate surface area is 219 Å². The molecule has 38 heavy (non-hydrogen) atoms. The molecule has 4 aromatic carbocycles. The maximum Gasteiger partial charge on any atom is 0.149 e. The zero-order valence-corrected chi connectivity index (χ0v) is 20.5. The second-order valence-electron chi connectivity index (χ2n) is 9.51. The molecular weight excluding hydrogens is 464 g/mol. The lowest BCUT2D eigenvalue weighted by atomic mass is 10.1. The summed E-state index contributed by atoms with van der Waals surface area (Å²) in [6, 6.07) is 44.4. The Morgan fingerprint density at radius 1 is 0.474 bits per heavy atom. The molecule has 0 saturated carbocycles. The minimum absolute atomic E-state index is 0.874. The minimum Gasteiger partial charge on any atom is -0.294 e. The Bertz CT molecular complexity index is 2120. The van der Waals surface area contributed by atoms with Crippen LogP contribution >= 0.6 is 0 Å². The van der Waals surface area contributed by atoms with Gasteiger partial charge in [-0.2, -0.15) is 0 Å². The van der Waals surface area contributed by atoms with Crippen molar-refractivity contribution in [1.29, 1.82) is 0 Å². The fourth-order valence-electron chi connectivity index (χ4n) is 5.72. The van der Waals surface area contributed by atoms with Gasteiger partial charge in [-0.15, -0.1) is 0 Å². The van der Waals surface area contributed by atoms with Crippen LogP contribution in [0, 0.1) is 0 Å². The number of benzene rings is 4. The topological polar surface area (TPSA) is 35.6 Å². The lowest BCUT2D eigenvalue weighted by molar-refractivity contribution is 1.05. The van der Waals surface area contributed by atoms with Crippen molar-refractivity contribution in [1.82, 2.24) is 19.1 Å². The first-order chi connectivity index (χ1) is 18.9. The van der Waals surface area contributed by atoms with E-state index in [1.165, 1.54) is 5.39 Å². The van der Waals surface area contributed by atoms with Crippen LogP contribution in [0.2, 0.25) is 0 Å². The summed E-state index contributed by atoms with van der Waals surface area (Å²) in [5.74, 6) is 0.874. The average Bonchev–Trinajstić information content (AvgIpc) is 3.49. The molecule has 0 N–H and O–H groups in total. The number of rotatable bonds is 3. The van der Waals surface area contributed by atoms with Gasteiger partial charge in [-0.1, -0.05) is 84.9 Å². The van der Waals surface area contributed by atoms with Crippen molar-refractivity contribution in [2.75, 3.05) is 0 Å². The molecule has 0 aliphatic rings.